The van der Waals surface area contributed by atoms with Gasteiger partial charge in [0.1, 0.15) is 0 Å². The number of carbonyl (C=O) groups excluding carboxylic acids is 1. The van der Waals surface area contributed by atoms with Crippen LogP contribution >= 0.6 is 0 Å². The van der Waals surface area contributed by atoms with E-state index < -0.39 is 29.5 Å². The van der Waals surface area contributed by atoms with Gasteiger partial charge in [0.05, 0.1) is 31.9 Å². The SMILES string of the molecule is O=C1CCc2ccccc21.O=S1(=O)CCCc2ccccc21.O=S1(=O)CCc2ccccc21.O=S1(=O)CCc2ccccc21. The minimum absolute atomic E-state index is 0.284. The lowest BCUT2D eigenvalue weighted by Gasteiger charge is -2.14. The standard InChI is InChI=1S/C9H10O2S.C9H8O.2C8H8O2S/c10-12(11)7-3-5-8-4-1-2-6-9(8)12;10-9-6-5-7-3-1-2-4-8(7)9;2*9-11(10)6-5-7-3-1-2-4-8(7)11/h1-2,4,6H,3,5,7H2;1-4H,5-6H2;2*1-4H,5-6H2. The van der Waals surface area contributed by atoms with Gasteiger partial charge in [-0.1, -0.05) is 78.9 Å². The number of hydrogen-bond donors (Lipinski definition) is 0. The van der Waals surface area contributed by atoms with Crippen molar-refractivity contribution >= 4 is 35.3 Å². The molecular weight excluding hydrogens is 617 g/mol. The average molecular weight is 651 g/mol. The Balaban J connectivity index is 0.000000117. The number of sulfone groups is 3. The summed E-state index contributed by atoms with van der Waals surface area (Å²) in [5, 5.41) is 0. The Morgan fingerprint density at radius 3 is 1.23 bits per heavy atom. The van der Waals surface area contributed by atoms with Crippen LogP contribution in [0.5, 0.6) is 0 Å². The molecule has 0 radical (unpaired) electrons. The Hall–Kier alpha value is -3.60. The monoisotopic (exact) mass is 650 g/mol. The number of Topliss-reactive ketones (excluding diaryl/α,β-unsaturated/α-hetero) is 1. The fourth-order valence-electron chi connectivity index (χ4n) is 5.71. The quantitative estimate of drug-likeness (QED) is 0.255. The molecule has 4 aliphatic rings. The highest BCUT2D eigenvalue weighted by molar-refractivity contribution is 7.92. The lowest BCUT2D eigenvalue weighted by atomic mass is 10.1. The maximum atomic E-state index is 11.5. The first-order chi connectivity index (χ1) is 21.0. The van der Waals surface area contributed by atoms with E-state index in [1.165, 1.54) is 5.56 Å². The molecule has 230 valence electrons. The van der Waals surface area contributed by atoms with Crippen LogP contribution in [0.2, 0.25) is 0 Å². The fraction of sp³-hybridized carbons (Fsp3) is 0.265. The summed E-state index contributed by atoms with van der Waals surface area (Å²) in [5.74, 6) is 1.18. The predicted molar refractivity (Wildman–Crippen MR) is 170 cm³/mol. The van der Waals surface area contributed by atoms with E-state index in [-0.39, 0.29) is 11.5 Å². The highest BCUT2D eigenvalue weighted by Crippen LogP contribution is 2.26. The van der Waals surface area contributed by atoms with Gasteiger partial charge < -0.3 is 0 Å². The summed E-state index contributed by atoms with van der Waals surface area (Å²) in [6, 6.07) is 29.5. The van der Waals surface area contributed by atoms with E-state index in [2.05, 4.69) is 0 Å². The van der Waals surface area contributed by atoms with Crippen LogP contribution in [0.4, 0.5) is 0 Å². The summed E-state index contributed by atoms with van der Waals surface area (Å²) in [7, 11) is -8.75. The smallest absolute Gasteiger partial charge is 0.178 e. The summed E-state index contributed by atoms with van der Waals surface area (Å²) < 4.78 is 68.0. The highest BCUT2D eigenvalue weighted by atomic mass is 32.2. The minimum atomic E-state index is -2.94. The van der Waals surface area contributed by atoms with Crippen LogP contribution in [0, 0.1) is 0 Å². The Morgan fingerprint density at radius 2 is 0.773 bits per heavy atom. The molecule has 4 aromatic rings. The number of rotatable bonds is 0. The normalized spacial score (nSPS) is 18.8. The van der Waals surface area contributed by atoms with Crippen LogP contribution in [-0.2, 0) is 55.2 Å². The molecule has 0 aromatic heterocycles. The maximum absolute atomic E-state index is 11.5. The average Bonchev–Trinajstić information content (AvgIpc) is 3.66. The number of fused-ring (bicyclic) bond motifs is 4. The molecule has 0 spiro atoms. The molecule has 0 bridgehead atoms. The van der Waals surface area contributed by atoms with Gasteiger partial charge in [-0.3, -0.25) is 4.79 Å². The van der Waals surface area contributed by atoms with E-state index in [0.717, 1.165) is 41.5 Å². The van der Waals surface area contributed by atoms with Crippen LogP contribution in [0.1, 0.15) is 45.5 Å². The van der Waals surface area contributed by atoms with E-state index in [0.29, 0.717) is 45.5 Å². The third-order valence-electron chi connectivity index (χ3n) is 8.00. The summed E-state index contributed by atoms with van der Waals surface area (Å²) in [6.45, 7) is 0. The van der Waals surface area contributed by atoms with Gasteiger partial charge in [0, 0.05) is 12.0 Å². The number of aryl methyl sites for hydroxylation is 4. The van der Waals surface area contributed by atoms with Gasteiger partial charge in [0.25, 0.3) is 0 Å². The Bertz CT molecular complexity index is 1940. The van der Waals surface area contributed by atoms with Gasteiger partial charge in [-0.2, -0.15) is 0 Å². The van der Waals surface area contributed by atoms with Crippen LogP contribution in [0.3, 0.4) is 0 Å². The van der Waals surface area contributed by atoms with Crippen LogP contribution in [0.15, 0.2) is 112 Å². The first kappa shape index (κ1) is 31.8. The van der Waals surface area contributed by atoms with Gasteiger partial charge >= 0.3 is 0 Å². The third-order valence-corrected chi connectivity index (χ3v) is 13.5. The van der Waals surface area contributed by atoms with E-state index in [1.807, 2.05) is 60.7 Å². The molecule has 0 fully saturated rings. The molecule has 3 heterocycles. The second kappa shape index (κ2) is 13.2. The molecule has 7 nitrogen and oxygen atoms in total. The molecule has 44 heavy (non-hydrogen) atoms. The topological polar surface area (TPSA) is 119 Å². The molecule has 4 aromatic carbocycles. The van der Waals surface area contributed by atoms with Crippen molar-refractivity contribution in [3.05, 3.63) is 125 Å². The van der Waals surface area contributed by atoms with Crippen molar-refractivity contribution < 1.29 is 30.0 Å². The van der Waals surface area contributed by atoms with Gasteiger partial charge in [-0.15, -0.1) is 0 Å². The van der Waals surface area contributed by atoms with Gasteiger partial charge in [0.15, 0.2) is 35.3 Å². The molecule has 1 aliphatic carbocycles. The molecular formula is C34H34O7S3. The lowest BCUT2D eigenvalue weighted by Crippen LogP contribution is -2.15. The van der Waals surface area contributed by atoms with Crippen LogP contribution < -0.4 is 0 Å². The number of ketones is 1. The molecule has 0 amide bonds. The van der Waals surface area contributed by atoms with Crippen molar-refractivity contribution in [2.24, 2.45) is 0 Å². The summed E-state index contributed by atoms with van der Waals surface area (Å²) in [5.41, 5.74) is 5.05. The van der Waals surface area contributed by atoms with E-state index in [4.69, 9.17) is 0 Å². The van der Waals surface area contributed by atoms with Crippen molar-refractivity contribution in [3.8, 4) is 0 Å². The summed E-state index contributed by atoms with van der Waals surface area (Å²) >= 11 is 0. The highest BCUT2D eigenvalue weighted by Gasteiger charge is 2.26. The molecule has 3 aliphatic heterocycles. The van der Waals surface area contributed by atoms with Crippen molar-refractivity contribution in [1.82, 2.24) is 0 Å². The zero-order valence-corrected chi connectivity index (χ0v) is 26.6. The zero-order valence-electron chi connectivity index (χ0n) is 24.2. The third kappa shape index (κ3) is 7.20. The molecule has 10 heteroatoms. The zero-order chi connectivity index (χ0) is 31.4. The first-order valence-electron chi connectivity index (χ1n) is 14.5. The van der Waals surface area contributed by atoms with E-state index in [9.17, 15) is 30.0 Å². The lowest BCUT2D eigenvalue weighted by molar-refractivity contribution is 0.0994. The molecule has 0 saturated carbocycles. The molecule has 0 saturated heterocycles. The summed E-state index contributed by atoms with van der Waals surface area (Å²) in [6.07, 6.45) is 4.67. The van der Waals surface area contributed by atoms with Gasteiger partial charge in [0.2, 0.25) is 0 Å². The second-order valence-electron chi connectivity index (χ2n) is 11.0. The predicted octanol–water partition coefficient (Wildman–Crippen LogP) is 5.25. The van der Waals surface area contributed by atoms with Crippen molar-refractivity contribution in [2.75, 3.05) is 17.3 Å². The van der Waals surface area contributed by atoms with Gasteiger partial charge in [-0.05, 0) is 72.6 Å². The second-order valence-corrected chi connectivity index (χ2v) is 17.2. The molecule has 8 rings (SSSR count). The van der Waals surface area contributed by atoms with Crippen LogP contribution in [-0.4, -0.2) is 48.3 Å². The Kier molecular flexibility index (Phi) is 9.53. The molecule has 0 atom stereocenters. The maximum Gasteiger partial charge on any atom is 0.178 e. The van der Waals surface area contributed by atoms with Gasteiger partial charge in [-0.25, -0.2) is 25.3 Å². The molecule has 0 unspecified atom stereocenters. The van der Waals surface area contributed by atoms with Crippen molar-refractivity contribution in [3.63, 3.8) is 0 Å². The Labute approximate surface area is 259 Å². The Morgan fingerprint density at radius 1 is 0.386 bits per heavy atom. The van der Waals surface area contributed by atoms with Crippen molar-refractivity contribution in [1.29, 1.82) is 0 Å². The largest absolute Gasteiger partial charge is 0.294 e. The summed E-state index contributed by atoms with van der Waals surface area (Å²) in [4.78, 5) is 12.7. The molecule has 0 N–H and O–H groups in total. The first-order valence-corrected chi connectivity index (χ1v) is 19.5. The minimum Gasteiger partial charge on any atom is -0.294 e. The fourth-order valence-corrected chi connectivity index (χ4v) is 10.4. The van der Waals surface area contributed by atoms with E-state index in [1.54, 1.807) is 36.4 Å². The number of carbonyl (C=O) groups is 1. The van der Waals surface area contributed by atoms with Crippen LogP contribution in [0.25, 0.3) is 0 Å². The van der Waals surface area contributed by atoms with E-state index >= 15 is 0 Å². The number of hydrogen-bond acceptors (Lipinski definition) is 7. The number of benzene rings is 4. The van der Waals surface area contributed by atoms with Crippen molar-refractivity contribution in [2.45, 2.75) is 53.2 Å².